The van der Waals surface area contributed by atoms with Crippen LogP contribution in [0.2, 0.25) is 0 Å². The first kappa shape index (κ1) is 13.2. The van der Waals surface area contributed by atoms with Gasteiger partial charge in [0.2, 0.25) is 5.88 Å². The molecule has 2 N–H and O–H groups in total. The maximum absolute atomic E-state index is 5.81. The third-order valence-electron chi connectivity index (χ3n) is 3.00. The average molecular weight is 257 g/mol. The lowest BCUT2D eigenvalue weighted by molar-refractivity contribution is 0.398. The molecule has 100 valence electrons. The van der Waals surface area contributed by atoms with Crippen molar-refractivity contribution >= 4 is 11.4 Å². The number of nitrogens with two attached hydrogens (primary N) is 1. The van der Waals surface area contributed by atoms with Crippen LogP contribution in [0.4, 0.5) is 11.4 Å². The van der Waals surface area contributed by atoms with E-state index in [9.17, 15) is 0 Å². The predicted molar refractivity (Wildman–Crippen MR) is 78.4 cm³/mol. The Morgan fingerprint density at radius 2 is 2.11 bits per heavy atom. The molecule has 19 heavy (non-hydrogen) atoms. The van der Waals surface area contributed by atoms with Gasteiger partial charge in [0.05, 0.1) is 7.11 Å². The van der Waals surface area contributed by atoms with E-state index in [0.717, 1.165) is 24.5 Å². The molecule has 0 spiro atoms. The monoisotopic (exact) mass is 257 g/mol. The van der Waals surface area contributed by atoms with Gasteiger partial charge in [-0.15, -0.1) is 0 Å². The lowest BCUT2D eigenvalue weighted by atomic mass is 10.2. The molecule has 2 aromatic rings. The number of methoxy groups -OCH3 is 1. The fraction of sp³-hybridized carbons (Fsp3) is 0.267. The minimum absolute atomic E-state index is 0.628. The molecule has 0 fully saturated rings. The minimum Gasteiger partial charge on any atom is -0.481 e. The van der Waals surface area contributed by atoms with E-state index in [1.165, 1.54) is 5.56 Å². The van der Waals surface area contributed by atoms with Crippen LogP contribution in [0.5, 0.6) is 5.88 Å². The summed E-state index contributed by atoms with van der Waals surface area (Å²) >= 11 is 0. The van der Waals surface area contributed by atoms with Crippen LogP contribution in [0.25, 0.3) is 0 Å². The summed E-state index contributed by atoms with van der Waals surface area (Å²) in [5, 5.41) is 0. The van der Waals surface area contributed by atoms with Crippen molar-refractivity contribution in [3.05, 3.63) is 48.2 Å². The molecule has 0 bridgehead atoms. The first-order chi connectivity index (χ1) is 9.22. The molecule has 0 radical (unpaired) electrons. The summed E-state index contributed by atoms with van der Waals surface area (Å²) in [5.74, 6) is 0.628. The maximum Gasteiger partial charge on any atom is 0.214 e. The van der Waals surface area contributed by atoms with Gasteiger partial charge in [-0.05, 0) is 30.7 Å². The molecule has 0 saturated heterocycles. The van der Waals surface area contributed by atoms with Crippen molar-refractivity contribution < 1.29 is 4.74 Å². The zero-order chi connectivity index (χ0) is 13.7. The Morgan fingerprint density at radius 3 is 2.79 bits per heavy atom. The van der Waals surface area contributed by atoms with Gasteiger partial charge < -0.3 is 15.4 Å². The highest BCUT2D eigenvalue weighted by Crippen LogP contribution is 2.21. The van der Waals surface area contributed by atoms with E-state index in [4.69, 9.17) is 10.5 Å². The van der Waals surface area contributed by atoms with E-state index in [2.05, 4.69) is 22.9 Å². The van der Waals surface area contributed by atoms with Crippen LogP contribution in [0.3, 0.4) is 0 Å². The molecule has 0 unspecified atom stereocenters. The Balaban J connectivity index is 2.19. The van der Waals surface area contributed by atoms with Crippen LogP contribution < -0.4 is 15.4 Å². The van der Waals surface area contributed by atoms with Gasteiger partial charge in [0, 0.05) is 36.7 Å². The molecule has 4 nitrogen and oxygen atoms in total. The maximum atomic E-state index is 5.81. The highest BCUT2D eigenvalue weighted by atomic mass is 16.5. The summed E-state index contributed by atoms with van der Waals surface area (Å²) in [7, 11) is 1.63. The number of ether oxygens (including phenoxy) is 1. The normalized spacial score (nSPS) is 10.2. The number of nitrogens with zero attached hydrogens (tertiary/aromatic N) is 2. The third kappa shape index (κ3) is 3.37. The lowest BCUT2D eigenvalue weighted by Crippen LogP contribution is -2.22. The fourth-order valence-electron chi connectivity index (χ4n) is 2.00. The van der Waals surface area contributed by atoms with Crippen LogP contribution in [0.1, 0.15) is 12.5 Å². The largest absolute Gasteiger partial charge is 0.481 e. The van der Waals surface area contributed by atoms with E-state index in [0.29, 0.717) is 5.88 Å². The molecule has 0 aliphatic heterocycles. The number of nitrogen functional groups attached to an aromatic ring is 1. The van der Waals surface area contributed by atoms with Gasteiger partial charge >= 0.3 is 0 Å². The molecule has 0 atom stereocenters. The number of anilines is 2. The van der Waals surface area contributed by atoms with Crippen LogP contribution in [0, 0.1) is 0 Å². The second-order valence-corrected chi connectivity index (χ2v) is 4.32. The van der Waals surface area contributed by atoms with E-state index >= 15 is 0 Å². The number of pyridine rings is 1. The molecule has 4 heteroatoms. The second-order valence-electron chi connectivity index (χ2n) is 4.32. The number of hydrogen-bond acceptors (Lipinski definition) is 4. The van der Waals surface area contributed by atoms with Gasteiger partial charge in [-0.2, -0.15) is 0 Å². The zero-order valence-electron chi connectivity index (χ0n) is 11.3. The molecule has 1 aromatic carbocycles. The van der Waals surface area contributed by atoms with Gasteiger partial charge in [-0.25, -0.2) is 4.98 Å². The standard InChI is InChI=1S/C15H19N3O/c1-3-18(11-12-5-4-6-13(16)9-12)14-7-8-17-15(10-14)19-2/h4-10H,3,11,16H2,1-2H3. The summed E-state index contributed by atoms with van der Waals surface area (Å²) in [4.78, 5) is 6.38. The highest BCUT2D eigenvalue weighted by Gasteiger charge is 2.07. The first-order valence-electron chi connectivity index (χ1n) is 6.32. The number of hydrogen-bond donors (Lipinski definition) is 1. The Labute approximate surface area is 113 Å². The van der Waals surface area contributed by atoms with Crippen molar-refractivity contribution in [3.8, 4) is 5.88 Å². The third-order valence-corrected chi connectivity index (χ3v) is 3.00. The molecule has 1 heterocycles. The second kappa shape index (κ2) is 6.09. The number of rotatable bonds is 5. The molecule has 0 amide bonds. The van der Waals surface area contributed by atoms with Crippen LogP contribution in [0.15, 0.2) is 42.6 Å². The van der Waals surface area contributed by atoms with Crippen LogP contribution in [-0.4, -0.2) is 18.6 Å². The van der Waals surface area contributed by atoms with Crippen molar-refractivity contribution in [2.75, 3.05) is 24.3 Å². The van der Waals surface area contributed by atoms with Crippen molar-refractivity contribution in [1.29, 1.82) is 0 Å². The molecule has 0 aliphatic carbocycles. The number of benzene rings is 1. The van der Waals surface area contributed by atoms with Gasteiger partial charge in [-0.3, -0.25) is 0 Å². The van der Waals surface area contributed by atoms with E-state index in [-0.39, 0.29) is 0 Å². The topological polar surface area (TPSA) is 51.4 Å². The number of aromatic nitrogens is 1. The summed E-state index contributed by atoms with van der Waals surface area (Å²) in [6.45, 7) is 3.84. The smallest absolute Gasteiger partial charge is 0.214 e. The summed E-state index contributed by atoms with van der Waals surface area (Å²) in [6.07, 6.45) is 1.76. The van der Waals surface area contributed by atoms with E-state index < -0.39 is 0 Å². The summed E-state index contributed by atoms with van der Waals surface area (Å²) < 4.78 is 5.16. The zero-order valence-corrected chi connectivity index (χ0v) is 11.3. The van der Waals surface area contributed by atoms with Crippen LogP contribution in [-0.2, 0) is 6.54 Å². The fourth-order valence-corrected chi connectivity index (χ4v) is 2.00. The Bertz CT molecular complexity index is 542. The highest BCUT2D eigenvalue weighted by molar-refractivity contribution is 5.49. The molecule has 0 saturated carbocycles. The van der Waals surface area contributed by atoms with Crippen molar-refractivity contribution in [3.63, 3.8) is 0 Å². The quantitative estimate of drug-likeness (QED) is 0.837. The van der Waals surface area contributed by atoms with Crippen molar-refractivity contribution in [1.82, 2.24) is 4.98 Å². The van der Waals surface area contributed by atoms with Crippen molar-refractivity contribution in [2.24, 2.45) is 0 Å². The molecule has 2 rings (SSSR count). The lowest BCUT2D eigenvalue weighted by Gasteiger charge is -2.23. The van der Waals surface area contributed by atoms with Gasteiger partial charge in [0.1, 0.15) is 0 Å². The summed E-state index contributed by atoms with van der Waals surface area (Å²) in [6, 6.07) is 11.9. The predicted octanol–water partition coefficient (Wildman–Crippen LogP) is 2.70. The Morgan fingerprint density at radius 1 is 1.26 bits per heavy atom. The molecular weight excluding hydrogens is 238 g/mol. The molecule has 1 aromatic heterocycles. The average Bonchev–Trinajstić information content (AvgIpc) is 2.45. The minimum atomic E-state index is 0.628. The van der Waals surface area contributed by atoms with Gasteiger partial charge in [-0.1, -0.05) is 12.1 Å². The Hall–Kier alpha value is -2.23. The van der Waals surface area contributed by atoms with Crippen LogP contribution >= 0.6 is 0 Å². The SMILES string of the molecule is CCN(Cc1cccc(N)c1)c1ccnc(OC)c1. The molecular formula is C15H19N3O. The van der Waals surface area contributed by atoms with Crippen molar-refractivity contribution in [2.45, 2.75) is 13.5 Å². The summed E-state index contributed by atoms with van der Waals surface area (Å²) in [5.41, 5.74) is 8.89. The van der Waals surface area contributed by atoms with E-state index in [1.54, 1.807) is 13.3 Å². The molecule has 0 aliphatic rings. The van der Waals surface area contributed by atoms with E-state index in [1.807, 2.05) is 30.3 Å². The Kier molecular flexibility index (Phi) is 4.23. The van der Waals surface area contributed by atoms with Gasteiger partial charge in [0.15, 0.2) is 0 Å². The first-order valence-corrected chi connectivity index (χ1v) is 6.32. The van der Waals surface area contributed by atoms with Gasteiger partial charge in [0.25, 0.3) is 0 Å².